The van der Waals surface area contributed by atoms with Crippen LogP contribution in [-0.2, 0) is 16.1 Å². The lowest BCUT2D eigenvalue weighted by Gasteiger charge is -2.55. The average Bonchev–Trinajstić information content (AvgIpc) is 2.59. The van der Waals surface area contributed by atoms with E-state index in [1.54, 1.807) is 6.92 Å². The van der Waals surface area contributed by atoms with E-state index < -0.39 is 6.04 Å². The summed E-state index contributed by atoms with van der Waals surface area (Å²) in [5.74, 6) is 2.21. The van der Waals surface area contributed by atoms with Crippen LogP contribution in [0.25, 0.3) is 0 Å². The Bertz CT molecular complexity index is 659. The van der Waals surface area contributed by atoms with Crippen LogP contribution in [0, 0.1) is 30.1 Å². The Morgan fingerprint density at radius 2 is 1.58 bits per heavy atom. The van der Waals surface area contributed by atoms with E-state index in [0.717, 1.165) is 42.6 Å². The van der Waals surface area contributed by atoms with Gasteiger partial charge in [-0.1, -0.05) is 29.8 Å². The molecule has 0 aromatic heterocycles. The number of amides is 2. The van der Waals surface area contributed by atoms with Crippen LogP contribution in [-0.4, -0.2) is 17.9 Å². The van der Waals surface area contributed by atoms with Gasteiger partial charge in [-0.25, -0.2) is 0 Å². The first-order chi connectivity index (χ1) is 12.4. The van der Waals surface area contributed by atoms with E-state index in [1.165, 1.54) is 24.8 Å². The van der Waals surface area contributed by atoms with Crippen molar-refractivity contribution in [3.8, 4) is 0 Å². The highest BCUT2D eigenvalue weighted by Crippen LogP contribution is 2.60. The van der Waals surface area contributed by atoms with Crippen LogP contribution in [0.5, 0.6) is 0 Å². The summed E-state index contributed by atoms with van der Waals surface area (Å²) in [5.41, 5.74) is 2.08. The summed E-state index contributed by atoms with van der Waals surface area (Å²) in [6.07, 6.45) is 7.05. The molecular weight excluding hydrogens is 324 g/mol. The molecule has 4 fully saturated rings. The fraction of sp³-hybridized carbons (Fsp3) is 0.636. The molecule has 0 spiro atoms. The number of benzene rings is 1. The van der Waals surface area contributed by atoms with Crippen LogP contribution in [0.1, 0.15) is 56.6 Å². The van der Waals surface area contributed by atoms with Crippen molar-refractivity contribution < 1.29 is 9.59 Å². The molecule has 4 heteroatoms. The summed E-state index contributed by atoms with van der Waals surface area (Å²) >= 11 is 0. The number of rotatable bonds is 5. The van der Waals surface area contributed by atoms with Crippen molar-refractivity contribution in [1.82, 2.24) is 10.6 Å². The fourth-order valence-corrected chi connectivity index (χ4v) is 5.85. The van der Waals surface area contributed by atoms with Gasteiger partial charge in [-0.3, -0.25) is 9.59 Å². The van der Waals surface area contributed by atoms with Gasteiger partial charge in [0.1, 0.15) is 6.04 Å². The molecule has 0 unspecified atom stereocenters. The first-order valence-electron chi connectivity index (χ1n) is 10.1. The molecule has 4 bridgehead atoms. The number of hydrogen-bond donors (Lipinski definition) is 2. The molecule has 5 rings (SSSR count). The molecule has 1 aromatic rings. The minimum absolute atomic E-state index is 0.108. The standard InChI is InChI=1S/C22H30N2O2/c1-14-3-5-16(6-4-14)13-23-20(25)15(2)24-21(26)22-10-17-7-18(11-22)9-19(8-17)12-22/h3-6,15,17-19H,7-13H2,1-2H3,(H,23,25)(H,24,26)/t15-,17?,18?,19?,22?/m0/s1. The second kappa shape index (κ2) is 6.71. The van der Waals surface area contributed by atoms with Gasteiger partial charge in [0.15, 0.2) is 0 Å². The van der Waals surface area contributed by atoms with Crippen molar-refractivity contribution in [2.75, 3.05) is 0 Å². The largest absolute Gasteiger partial charge is 0.350 e. The van der Waals surface area contributed by atoms with Crippen molar-refractivity contribution in [3.63, 3.8) is 0 Å². The second-order valence-corrected chi connectivity index (χ2v) is 9.10. The summed E-state index contributed by atoms with van der Waals surface area (Å²) < 4.78 is 0. The van der Waals surface area contributed by atoms with Gasteiger partial charge in [-0.15, -0.1) is 0 Å². The van der Waals surface area contributed by atoms with E-state index in [9.17, 15) is 9.59 Å². The SMILES string of the molecule is Cc1ccc(CNC(=O)[C@H](C)NC(=O)C23CC4CC(CC(C4)C2)C3)cc1. The third kappa shape index (κ3) is 3.38. The molecule has 4 aliphatic rings. The Morgan fingerprint density at radius 3 is 2.12 bits per heavy atom. The van der Waals surface area contributed by atoms with Crippen molar-refractivity contribution in [3.05, 3.63) is 35.4 Å². The molecule has 1 atom stereocenters. The van der Waals surface area contributed by atoms with Crippen molar-refractivity contribution in [1.29, 1.82) is 0 Å². The number of hydrogen-bond acceptors (Lipinski definition) is 2. The van der Waals surface area contributed by atoms with E-state index in [2.05, 4.69) is 10.6 Å². The molecule has 140 valence electrons. The zero-order valence-electron chi connectivity index (χ0n) is 15.9. The molecule has 4 nitrogen and oxygen atoms in total. The van der Waals surface area contributed by atoms with Crippen LogP contribution in [0.15, 0.2) is 24.3 Å². The molecule has 0 aliphatic heterocycles. The Kier molecular flexibility index (Phi) is 4.54. The van der Waals surface area contributed by atoms with Gasteiger partial charge in [0, 0.05) is 12.0 Å². The zero-order chi connectivity index (χ0) is 18.3. The molecule has 26 heavy (non-hydrogen) atoms. The maximum atomic E-state index is 13.0. The lowest BCUT2D eigenvalue weighted by atomic mass is 9.49. The van der Waals surface area contributed by atoms with E-state index in [-0.39, 0.29) is 17.2 Å². The Labute approximate surface area is 156 Å². The Balaban J connectivity index is 1.32. The van der Waals surface area contributed by atoms with Crippen LogP contribution in [0.3, 0.4) is 0 Å². The molecular formula is C22H30N2O2. The fourth-order valence-electron chi connectivity index (χ4n) is 5.85. The van der Waals surface area contributed by atoms with Gasteiger partial charge in [-0.2, -0.15) is 0 Å². The Morgan fingerprint density at radius 1 is 1.04 bits per heavy atom. The van der Waals surface area contributed by atoms with E-state index >= 15 is 0 Å². The third-order valence-corrected chi connectivity index (χ3v) is 6.85. The number of carbonyl (C=O) groups excluding carboxylic acids is 2. The third-order valence-electron chi connectivity index (χ3n) is 6.85. The molecule has 1 aromatic carbocycles. The molecule has 2 N–H and O–H groups in total. The van der Waals surface area contributed by atoms with Crippen molar-refractivity contribution in [2.24, 2.45) is 23.2 Å². The number of carbonyl (C=O) groups is 2. The maximum absolute atomic E-state index is 13.0. The van der Waals surface area contributed by atoms with Crippen LogP contribution in [0.4, 0.5) is 0 Å². The number of nitrogens with one attached hydrogen (secondary N) is 2. The van der Waals surface area contributed by atoms with Gasteiger partial charge in [0.25, 0.3) is 0 Å². The molecule has 4 saturated carbocycles. The van der Waals surface area contributed by atoms with Crippen molar-refractivity contribution >= 4 is 11.8 Å². The second-order valence-electron chi connectivity index (χ2n) is 9.10. The minimum Gasteiger partial charge on any atom is -0.350 e. The lowest BCUT2D eigenvalue weighted by molar-refractivity contribution is -0.148. The highest BCUT2D eigenvalue weighted by molar-refractivity contribution is 5.90. The van der Waals surface area contributed by atoms with Gasteiger partial charge in [0.2, 0.25) is 11.8 Å². The topological polar surface area (TPSA) is 58.2 Å². The highest BCUT2D eigenvalue weighted by atomic mass is 16.2. The molecule has 4 aliphatic carbocycles. The van der Waals surface area contributed by atoms with Crippen LogP contribution < -0.4 is 10.6 Å². The predicted octanol–water partition coefficient (Wildman–Crippen LogP) is 3.33. The molecule has 0 saturated heterocycles. The van der Waals surface area contributed by atoms with Gasteiger partial charge >= 0.3 is 0 Å². The van der Waals surface area contributed by atoms with Crippen LogP contribution >= 0.6 is 0 Å². The quantitative estimate of drug-likeness (QED) is 0.852. The maximum Gasteiger partial charge on any atom is 0.242 e. The van der Waals surface area contributed by atoms with E-state index in [1.807, 2.05) is 31.2 Å². The van der Waals surface area contributed by atoms with Gasteiger partial charge in [0.05, 0.1) is 0 Å². The lowest BCUT2D eigenvalue weighted by Crippen LogP contribution is -2.56. The van der Waals surface area contributed by atoms with Crippen molar-refractivity contribution in [2.45, 2.75) is 65.0 Å². The van der Waals surface area contributed by atoms with Crippen LogP contribution in [0.2, 0.25) is 0 Å². The van der Waals surface area contributed by atoms with Gasteiger partial charge in [-0.05, 0) is 75.7 Å². The molecule has 0 radical (unpaired) electrons. The average molecular weight is 354 g/mol. The zero-order valence-corrected chi connectivity index (χ0v) is 15.9. The summed E-state index contributed by atoms with van der Waals surface area (Å²) in [7, 11) is 0. The predicted molar refractivity (Wildman–Crippen MR) is 101 cm³/mol. The summed E-state index contributed by atoms with van der Waals surface area (Å²) in [5, 5.41) is 5.97. The minimum atomic E-state index is -0.485. The smallest absolute Gasteiger partial charge is 0.242 e. The monoisotopic (exact) mass is 354 g/mol. The Hall–Kier alpha value is -1.84. The van der Waals surface area contributed by atoms with Gasteiger partial charge < -0.3 is 10.6 Å². The first-order valence-corrected chi connectivity index (χ1v) is 10.1. The highest BCUT2D eigenvalue weighted by Gasteiger charge is 2.54. The molecule has 2 amide bonds. The first kappa shape index (κ1) is 17.6. The van der Waals surface area contributed by atoms with E-state index in [0.29, 0.717) is 6.54 Å². The summed E-state index contributed by atoms with van der Waals surface area (Å²) in [6.45, 7) is 4.34. The van der Waals surface area contributed by atoms with E-state index in [4.69, 9.17) is 0 Å². The summed E-state index contributed by atoms with van der Waals surface area (Å²) in [6, 6.07) is 7.64. The normalized spacial score (nSPS) is 32.9. The molecule has 0 heterocycles. The number of aryl methyl sites for hydroxylation is 1. The summed E-state index contributed by atoms with van der Waals surface area (Å²) in [4.78, 5) is 25.5.